The molecule has 13 N–H and O–H groups in total. The molecule has 3 rings (SSSR count). The number of unbranched alkanes of at least 4 members (excludes halogenated alkanes) is 1. The van der Waals surface area contributed by atoms with Gasteiger partial charge in [0.25, 0.3) is 0 Å². The summed E-state index contributed by atoms with van der Waals surface area (Å²) in [5.74, 6) is -2.88. The lowest BCUT2D eigenvalue weighted by Crippen LogP contribution is -2.58. The Bertz CT molecular complexity index is 1750. The van der Waals surface area contributed by atoms with E-state index in [1.807, 2.05) is 36.4 Å². The highest BCUT2D eigenvalue weighted by Crippen LogP contribution is 2.22. The van der Waals surface area contributed by atoms with Gasteiger partial charge in [-0.25, -0.2) is 4.79 Å². The van der Waals surface area contributed by atoms with Gasteiger partial charge in [0, 0.05) is 25.9 Å². The molecule has 0 bridgehead atoms. The second-order valence-corrected chi connectivity index (χ2v) is 13.6. The molecule has 0 saturated heterocycles. The van der Waals surface area contributed by atoms with Gasteiger partial charge < -0.3 is 53.6 Å². The number of rotatable bonds is 22. The third-order valence-electron chi connectivity index (χ3n) is 9.04. The number of ether oxygens (including phenoxy) is 1. The SMILES string of the molecule is Cc1cc(O)cc(C)c1C[C@H](NC(=O)[C@H](N)CCCNC(=N)N)C(=O)N[C@@H](CCCCNC(=O)OCc1ccccc1)C(=O)N[C@@H](Cc1ccccc1)C(N)=O. The maximum atomic E-state index is 14.1. The molecule has 4 atom stereocenters. The van der Waals surface area contributed by atoms with Crippen molar-refractivity contribution in [1.29, 1.82) is 5.41 Å². The lowest BCUT2D eigenvalue weighted by molar-refractivity contribution is -0.133. The Hall–Kier alpha value is -6.16. The van der Waals surface area contributed by atoms with Crippen molar-refractivity contribution in [3.8, 4) is 5.75 Å². The molecule has 0 aliphatic carbocycles. The number of carbonyl (C=O) groups excluding carboxylic acids is 5. The molecule has 0 fully saturated rings. The number of nitrogens with one attached hydrogen (secondary N) is 6. The van der Waals surface area contributed by atoms with Gasteiger partial charge in [0.2, 0.25) is 23.6 Å². The summed E-state index contributed by atoms with van der Waals surface area (Å²) in [6.07, 6.45) is 1.07. The van der Waals surface area contributed by atoms with Gasteiger partial charge in [-0.3, -0.25) is 24.6 Å². The van der Waals surface area contributed by atoms with E-state index in [9.17, 15) is 29.1 Å². The molecule has 5 amide bonds. The Morgan fingerprint density at radius 3 is 1.86 bits per heavy atom. The van der Waals surface area contributed by atoms with Crippen LogP contribution in [0.5, 0.6) is 5.75 Å². The minimum Gasteiger partial charge on any atom is -0.508 e. The number of alkyl carbamates (subject to hydrolysis) is 1. The fourth-order valence-electron chi connectivity index (χ4n) is 5.98. The van der Waals surface area contributed by atoms with Gasteiger partial charge in [-0.15, -0.1) is 0 Å². The lowest BCUT2D eigenvalue weighted by Gasteiger charge is -2.26. The van der Waals surface area contributed by atoms with Crippen LogP contribution in [0.2, 0.25) is 0 Å². The molecule has 16 heteroatoms. The second kappa shape index (κ2) is 22.9. The monoisotopic (exact) mass is 773 g/mol. The third-order valence-corrected chi connectivity index (χ3v) is 9.04. The Balaban J connectivity index is 1.77. The Morgan fingerprint density at radius 2 is 1.25 bits per heavy atom. The fraction of sp³-hybridized carbons (Fsp3) is 0.400. The molecule has 3 aromatic carbocycles. The number of aromatic hydroxyl groups is 1. The van der Waals surface area contributed by atoms with Crippen molar-refractivity contribution in [1.82, 2.24) is 26.6 Å². The van der Waals surface area contributed by atoms with Gasteiger partial charge in [0.1, 0.15) is 30.5 Å². The first-order valence-corrected chi connectivity index (χ1v) is 18.5. The van der Waals surface area contributed by atoms with E-state index in [1.54, 1.807) is 50.2 Å². The highest BCUT2D eigenvalue weighted by atomic mass is 16.5. The van der Waals surface area contributed by atoms with Gasteiger partial charge in [0.15, 0.2) is 5.96 Å². The van der Waals surface area contributed by atoms with E-state index in [-0.39, 0.29) is 50.5 Å². The molecule has 0 radical (unpaired) electrons. The van der Waals surface area contributed by atoms with Crippen molar-refractivity contribution < 1.29 is 33.8 Å². The number of carbonyl (C=O) groups is 5. The Labute approximate surface area is 327 Å². The van der Waals surface area contributed by atoms with E-state index in [4.69, 9.17) is 27.3 Å². The number of phenolic OH excluding ortho intramolecular Hbond substituents is 1. The summed E-state index contributed by atoms with van der Waals surface area (Å²) >= 11 is 0. The highest BCUT2D eigenvalue weighted by Gasteiger charge is 2.31. The van der Waals surface area contributed by atoms with Crippen molar-refractivity contribution in [2.75, 3.05) is 13.1 Å². The van der Waals surface area contributed by atoms with Crippen molar-refractivity contribution in [2.24, 2.45) is 17.2 Å². The molecule has 0 unspecified atom stereocenters. The number of primary amides is 1. The van der Waals surface area contributed by atoms with E-state index in [2.05, 4.69) is 26.6 Å². The van der Waals surface area contributed by atoms with Crippen LogP contribution in [-0.4, -0.2) is 78.0 Å². The van der Waals surface area contributed by atoms with Gasteiger partial charge in [-0.1, -0.05) is 60.7 Å². The molecule has 56 heavy (non-hydrogen) atoms. The minimum absolute atomic E-state index is 0.00933. The number of amides is 5. The standard InChI is InChI=1S/C40H55N9O7/c1-25-20-29(50)21-26(2)30(25)23-34(49-36(52)31(41)16-11-19-45-39(43)44)38(54)47-32(37(53)48-33(35(42)51)22-27-12-5-3-6-13-27)17-9-10-18-46-40(55)56-24-28-14-7-4-8-15-28/h3-8,12-15,20-21,31-34,50H,9-11,16-19,22-24,41H2,1-2H3,(H2,42,51)(H,46,55)(H,47,54)(H,48,53)(H,49,52)(H4,43,44,45)/t31-,32+,33+,34+/m1/s1. The zero-order chi connectivity index (χ0) is 41.0. The highest BCUT2D eigenvalue weighted by molar-refractivity contribution is 5.94. The van der Waals surface area contributed by atoms with E-state index >= 15 is 0 Å². The fourth-order valence-corrected chi connectivity index (χ4v) is 5.98. The Kier molecular flexibility index (Phi) is 18.1. The summed E-state index contributed by atoms with van der Waals surface area (Å²) < 4.78 is 5.26. The van der Waals surface area contributed by atoms with Crippen molar-refractivity contribution in [3.63, 3.8) is 0 Å². The number of benzene rings is 3. The lowest BCUT2D eigenvalue weighted by atomic mass is 9.95. The zero-order valence-electron chi connectivity index (χ0n) is 31.9. The maximum absolute atomic E-state index is 14.1. The molecule has 16 nitrogen and oxygen atoms in total. The molecular weight excluding hydrogens is 718 g/mol. The van der Waals surface area contributed by atoms with E-state index in [1.165, 1.54) is 0 Å². The van der Waals surface area contributed by atoms with Crippen LogP contribution < -0.4 is 43.8 Å². The molecule has 0 saturated carbocycles. The van der Waals surface area contributed by atoms with Gasteiger partial charge in [-0.2, -0.15) is 0 Å². The number of hydrogen-bond donors (Lipinski definition) is 10. The number of nitrogens with two attached hydrogens (primary N) is 3. The number of phenols is 1. The number of guanidine groups is 1. The molecule has 0 heterocycles. The summed E-state index contributed by atoms with van der Waals surface area (Å²) in [5.41, 5.74) is 20.9. The molecular formula is C40H55N9O7. The van der Waals surface area contributed by atoms with E-state index < -0.39 is 53.9 Å². The van der Waals surface area contributed by atoms with E-state index in [0.29, 0.717) is 42.5 Å². The normalized spacial score (nSPS) is 12.9. The van der Waals surface area contributed by atoms with Gasteiger partial charge in [0.05, 0.1) is 6.04 Å². The van der Waals surface area contributed by atoms with Crippen LogP contribution in [0.25, 0.3) is 0 Å². The van der Waals surface area contributed by atoms with Crippen LogP contribution in [0.3, 0.4) is 0 Å². The van der Waals surface area contributed by atoms with Gasteiger partial charge >= 0.3 is 6.09 Å². The second-order valence-electron chi connectivity index (χ2n) is 13.6. The first kappa shape index (κ1) is 44.2. The smallest absolute Gasteiger partial charge is 0.407 e. The quantitative estimate of drug-likeness (QED) is 0.0398. The van der Waals surface area contributed by atoms with Crippen molar-refractivity contribution in [2.45, 2.75) is 89.6 Å². The predicted octanol–water partition coefficient (Wildman–Crippen LogP) is 1.42. The molecule has 0 spiro atoms. The molecule has 3 aromatic rings. The van der Waals surface area contributed by atoms with Crippen molar-refractivity contribution in [3.05, 3.63) is 101 Å². The summed E-state index contributed by atoms with van der Waals surface area (Å²) in [5, 5.41) is 31.0. The molecule has 0 aromatic heterocycles. The van der Waals surface area contributed by atoms with Gasteiger partial charge in [-0.05, 0) is 85.9 Å². The molecule has 0 aliphatic rings. The van der Waals surface area contributed by atoms with Crippen LogP contribution in [0.4, 0.5) is 4.79 Å². The number of aryl methyl sites for hydroxylation is 2. The summed E-state index contributed by atoms with van der Waals surface area (Å²) in [6.45, 7) is 4.19. The first-order chi connectivity index (χ1) is 26.7. The third kappa shape index (κ3) is 15.7. The summed E-state index contributed by atoms with van der Waals surface area (Å²) in [4.78, 5) is 66.0. The average molecular weight is 774 g/mol. The van der Waals surface area contributed by atoms with Crippen LogP contribution >= 0.6 is 0 Å². The van der Waals surface area contributed by atoms with Crippen LogP contribution in [0.15, 0.2) is 72.8 Å². The van der Waals surface area contributed by atoms with Crippen molar-refractivity contribution >= 4 is 35.7 Å². The minimum atomic E-state index is -1.20. The van der Waals surface area contributed by atoms with Crippen LogP contribution in [0, 0.1) is 19.3 Å². The number of hydrogen-bond acceptors (Lipinski definition) is 9. The Morgan fingerprint density at radius 1 is 0.696 bits per heavy atom. The largest absolute Gasteiger partial charge is 0.508 e. The summed E-state index contributed by atoms with van der Waals surface area (Å²) in [7, 11) is 0. The van der Waals surface area contributed by atoms with E-state index in [0.717, 1.165) is 11.1 Å². The maximum Gasteiger partial charge on any atom is 0.407 e. The average Bonchev–Trinajstić information content (AvgIpc) is 3.16. The summed E-state index contributed by atoms with van der Waals surface area (Å²) in [6, 6.07) is 16.9. The predicted molar refractivity (Wildman–Crippen MR) is 212 cm³/mol. The zero-order valence-corrected chi connectivity index (χ0v) is 31.9. The van der Waals surface area contributed by atoms with Crippen LogP contribution in [-0.2, 0) is 43.4 Å². The topological polar surface area (TPSA) is 277 Å². The molecule has 0 aliphatic heterocycles. The van der Waals surface area contributed by atoms with Crippen LogP contribution in [0.1, 0.15) is 59.9 Å². The molecule has 302 valence electrons. The first-order valence-electron chi connectivity index (χ1n) is 18.5.